The van der Waals surface area contributed by atoms with E-state index in [-0.39, 0.29) is 17.9 Å². The molecule has 4 nitrogen and oxygen atoms in total. The van der Waals surface area contributed by atoms with Crippen LogP contribution < -0.4 is 0 Å². The topological polar surface area (TPSA) is 52.6 Å². The molecule has 1 heterocycles. The van der Waals surface area contributed by atoms with E-state index in [1.807, 2.05) is 20.8 Å². The van der Waals surface area contributed by atoms with Crippen molar-refractivity contribution in [3.63, 3.8) is 0 Å². The Morgan fingerprint density at radius 3 is 2.62 bits per heavy atom. The van der Waals surface area contributed by atoms with Crippen molar-refractivity contribution in [2.24, 2.45) is 23.2 Å². The van der Waals surface area contributed by atoms with Gasteiger partial charge in [0, 0.05) is 5.92 Å². The fourth-order valence-electron chi connectivity index (χ4n) is 4.31. The summed E-state index contributed by atoms with van der Waals surface area (Å²) in [5.41, 5.74) is -0.906. The van der Waals surface area contributed by atoms with E-state index in [9.17, 15) is 9.59 Å². The molecule has 4 unspecified atom stereocenters. The molecule has 2 aliphatic carbocycles. The number of hydrogen-bond donors (Lipinski definition) is 0. The summed E-state index contributed by atoms with van der Waals surface area (Å²) in [4.78, 5) is 24.2. The molecule has 3 fully saturated rings. The standard InChI is InChI=1S/C17H26O4/c1-4-16(2,3)15(19)21-17(13-8-14(18)20-10-13)9-11-5-6-12(17)7-11/h11-13H,4-10H2,1-3H3. The molecule has 2 bridgehead atoms. The van der Waals surface area contributed by atoms with Crippen molar-refractivity contribution in [2.75, 3.05) is 6.61 Å². The highest BCUT2D eigenvalue weighted by Crippen LogP contribution is 2.57. The number of hydrogen-bond acceptors (Lipinski definition) is 4. The summed E-state index contributed by atoms with van der Waals surface area (Å²) in [6, 6.07) is 0. The van der Waals surface area contributed by atoms with Crippen molar-refractivity contribution in [1.82, 2.24) is 0 Å². The SMILES string of the molecule is CCC(C)(C)C(=O)OC1(C2COC(=O)C2)CC2CCC1C2. The van der Waals surface area contributed by atoms with Crippen LogP contribution >= 0.6 is 0 Å². The van der Waals surface area contributed by atoms with E-state index in [0.717, 1.165) is 25.7 Å². The Balaban J connectivity index is 1.84. The molecule has 0 amide bonds. The molecule has 3 aliphatic rings. The summed E-state index contributed by atoms with van der Waals surface area (Å²) in [7, 11) is 0. The van der Waals surface area contributed by atoms with Gasteiger partial charge in [-0.05, 0) is 57.8 Å². The summed E-state index contributed by atoms with van der Waals surface area (Å²) in [6.07, 6.45) is 5.59. The van der Waals surface area contributed by atoms with Gasteiger partial charge in [-0.25, -0.2) is 0 Å². The van der Waals surface area contributed by atoms with Gasteiger partial charge >= 0.3 is 11.9 Å². The van der Waals surface area contributed by atoms with E-state index in [4.69, 9.17) is 9.47 Å². The molecule has 118 valence electrons. The average molecular weight is 294 g/mol. The number of carbonyl (C=O) groups is 2. The van der Waals surface area contributed by atoms with Gasteiger partial charge in [0.05, 0.1) is 18.4 Å². The van der Waals surface area contributed by atoms with E-state index < -0.39 is 11.0 Å². The lowest BCUT2D eigenvalue weighted by atomic mass is 9.73. The van der Waals surface area contributed by atoms with Crippen molar-refractivity contribution in [3.05, 3.63) is 0 Å². The largest absolute Gasteiger partial charge is 0.465 e. The lowest BCUT2D eigenvalue weighted by molar-refractivity contribution is -0.185. The first-order valence-corrected chi connectivity index (χ1v) is 8.26. The maximum atomic E-state index is 12.6. The number of rotatable bonds is 4. The van der Waals surface area contributed by atoms with Crippen LogP contribution in [0.3, 0.4) is 0 Å². The molecule has 1 saturated heterocycles. The fraction of sp³-hybridized carbons (Fsp3) is 0.882. The molecular formula is C17H26O4. The van der Waals surface area contributed by atoms with Gasteiger partial charge in [0.25, 0.3) is 0 Å². The molecular weight excluding hydrogens is 268 g/mol. The Morgan fingerprint density at radius 2 is 2.14 bits per heavy atom. The Morgan fingerprint density at radius 1 is 1.38 bits per heavy atom. The summed E-state index contributed by atoms with van der Waals surface area (Å²) in [5.74, 6) is 0.864. The number of ether oxygens (including phenoxy) is 2. The molecule has 0 radical (unpaired) electrons. The molecule has 4 atom stereocenters. The van der Waals surface area contributed by atoms with E-state index in [1.165, 1.54) is 6.42 Å². The van der Waals surface area contributed by atoms with Gasteiger partial charge in [-0.2, -0.15) is 0 Å². The van der Waals surface area contributed by atoms with Crippen LogP contribution in [0, 0.1) is 23.2 Å². The van der Waals surface area contributed by atoms with Crippen molar-refractivity contribution in [1.29, 1.82) is 0 Å². The van der Waals surface area contributed by atoms with Gasteiger partial charge < -0.3 is 9.47 Å². The second kappa shape index (κ2) is 4.99. The van der Waals surface area contributed by atoms with Crippen LogP contribution in [0.15, 0.2) is 0 Å². The van der Waals surface area contributed by atoms with Gasteiger partial charge in [-0.15, -0.1) is 0 Å². The minimum Gasteiger partial charge on any atom is -0.465 e. The molecule has 1 aliphatic heterocycles. The minimum absolute atomic E-state index is 0.0527. The average Bonchev–Trinajstić information content (AvgIpc) is 3.14. The maximum absolute atomic E-state index is 12.6. The second-order valence-electron chi connectivity index (χ2n) is 7.75. The summed E-state index contributed by atoms with van der Waals surface area (Å²) in [5, 5.41) is 0. The Bertz CT molecular complexity index is 456. The maximum Gasteiger partial charge on any atom is 0.312 e. The first-order valence-electron chi connectivity index (χ1n) is 8.26. The molecule has 3 rings (SSSR count). The molecule has 2 saturated carbocycles. The zero-order valence-corrected chi connectivity index (χ0v) is 13.3. The molecule has 0 aromatic rings. The van der Waals surface area contributed by atoms with E-state index in [2.05, 4.69) is 0 Å². The molecule has 4 heteroatoms. The molecule has 0 N–H and O–H groups in total. The van der Waals surface area contributed by atoms with Crippen molar-refractivity contribution < 1.29 is 19.1 Å². The lowest BCUT2D eigenvalue weighted by Crippen LogP contribution is -2.49. The van der Waals surface area contributed by atoms with E-state index in [1.54, 1.807) is 0 Å². The fourth-order valence-corrected chi connectivity index (χ4v) is 4.31. The Kier molecular flexibility index (Phi) is 3.53. The summed E-state index contributed by atoms with van der Waals surface area (Å²) < 4.78 is 11.3. The van der Waals surface area contributed by atoms with Gasteiger partial charge in [0.1, 0.15) is 5.60 Å². The van der Waals surface area contributed by atoms with Gasteiger partial charge in [0.15, 0.2) is 0 Å². The van der Waals surface area contributed by atoms with Gasteiger partial charge in [0.2, 0.25) is 0 Å². The second-order valence-corrected chi connectivity index (χ2v) is 7.75. The quantitative estimate of drug-likeness (QED) is 0.748. The number of esters is 2. The van der Waals surface area contributed by atoms with Gasteiger partial charge in [-0.1, -0.05) is 6.92 Å². The van der Waals surface area contributed by atoms with E-state index >= 15 is 0 Å². The first kappa shape index (κ1) is 14.9. The van der Waals surface area contributed by atoms with Crippen molar-refractivity contribution in [3.8, 4) is 0 Å². The Hall–Kier alpha value is -1.06. The van der Waals surface area contributed by atoms with E-state index in [0.29, 0.717) is 24.9 Å². The summed E-state index contributed by atoms with van der Waals surface area (Å²) in [6.45, 7) is 6.30. The zero-order valence-electron chi connectivity index (χ0n) is 13.3. The zero-order chi connectivity index (χ0) is 15.3. The first-order chi connectivity index (χ1) is 9.87. The third-order valence-electron chi connectivity index (χ3n) is 6.11. The normalized spacial score (nSPS) is 38.6. The monoisotopic (exact) mass is 294 g/mol. The minimum atomic E-state index is -0.460. The van der Waals surface area contributed by atoms with Crippen LogP contribution in [0.25, 0.3) is 0 Å². The van der Waals surface area contributed by atoms with Crippen LogP contribution in [0.5, 0.6) is 0 Å². The number of carbonyl (C=O) groups excluding carboxylic acids is 2. The summed E-state index contributed by atoms with van der Waals surface area (Å²) >= 11 is 0. The smallest absolute Gasteiger partial charge is 0.312 e. The number of fused-ring (bicyclic) bond motifs is 2. The van der Waals surface area contributed by atoms with Crippen LogP contribution in [0.1, 0.15) is 59.3 Å². The molecule has 0 aromatic heterocycles. The van der Waals surface area contributed by atoms with Crippen LogP contribution in [0.4, 0.5) is 0 Å². The third-order valence-corrected chi connectivity index (χ3v) is 6.11. The van der Waals surface area contributed by atoms with Crippen LogP contribution in [-0.4, -0.2) is 24.1 Å². The Labute approximate surface area is 126 Å². The molecule has 21 heavy (non-hydrogen) atoms. The highest BCUT2D eigenvalue weighted by atomic mass is 16.6. The van der Waals surface area contributed by atoms with Crippen LogP contribution in [0.2, 0.25) is 0 Å². The molecule has 0 aromatic carbocycles. The molecule has 0 spiro atoms. The van der Waals surface area contributed by atoms with Gasteiger partial charge in [-0.3, -0.25) is 9.59 Å². The highest BCUT2D eigenvalue weighted by molar-refractivity contribution is 5.77. The third kappa shape index (κ3) is 2.36. The number of cyclic esters (lactones) is 1. The van der Waals surface area contributed by atoms with Crippen molar-refractivity contribution >= 4 is 11.9 Å². The predicted molar refractivity (Wildman–Crippen MR) is 77.4 cm³/mol. The lowest BCUT2D eigenvalue weighted by Gasteiger charge is -2.42. The van der Waals surface area contributed by atoms with Crippen LogP contribution in [-0.2, 0) is 19.1 Å². The highest BCUT2D eigenvalue weighted by Gasteiger charge is 2.60. The van der Waals surface area contributed by atoms with Crippen molar-refractivity contribution in [2.45, 2.75) is 64.9 Å². The predicted octanol–water partition coefficient (Wildman–Crippen LogP) is 3.09.